The van der Waals surface area contributed by atoms with Gasteiger partial charge in [-0.25, -0.2) is 12.5 Å². The summed E-state index contributed by atoms with van der Waals surface area (Å²) in [5, 5.41) is 0. The van der Waals surface area contributed by atoms with Gasteiger partial charge in [0.15, 0.2) is 0 Å². The maximum Gasteiger partial charge on any atom is -0.0772 e. The molecule has 0 aromatic rings. The van der Waals surface area contributed by atoms with Gasteiger partial charge in [-0.3, -0.25) is 0 Å². The van der Waals surface area contributed by atoms with Crippen molar-refractivity contribution in [1.82, 2.24) is 0 Å². The van der Waals surface area contributed by atoms with Crippen molar-refractivity contribution in [3.63, 3.8) is 0 Å². The van der Waals surface area contributed by atoms with E-state index in [9.17, 15) is 0 Å². The van der Waals surface area contributed by atoms with E-state index in [4.69, 9.17) is 0 Å². The first-order chi connectivity index (χ1) is 3.97. The van der Waals surface area contributed by atoms with E-state index in [2.05, 4.69) is 37.1 Å². The molecule has 0 atom stereocenters. The second kappa shape index (κ2) is 1.28. The van der Waals surface area contributed by atoms with Crippen LogP contribution in [0.1, 0.15) is 0 Å². The van der Waals surface area contributed by atoms with Crippen LogP contribution in [-0.2, 0) is 0 Å². The highest BCUT2D eigenvalue weighted by atomic mass is 14.1. The lowest BCUT2D eigenvalue weighted by Gasteiger charge is -2.26. The van der Waals surface area contributed by atoms with E-state index in [0.717, 1.165) is 0 Å². The maximum atomic E-state index is 2.12. The van der Waals surface area contributed by atoms with Gasteiger partial charge in [0.25, 0.3) is 0 Å². The molecule has 2 aliphatic rings. The van der Waals surface area contributed by atoms with Crippen LogP contribution >= 0.6 is 0 Å². The van der Waals surface area contributed by atoms with Crippen molar-refractivity contribution in [3.05, 3.63) is 48.3 Å². The van der Waals surface area contributed by atoms with Gasteiger partial charge in [0.05, 0.1) is 0 Å². The SMILES string of the molecule is [CH]1C=C2C=CC2=C[CH-]1. The van der Waals surface area contributed by atoms with Gasteiger partial charge in [-0.1, -0.05) is 12.5 Å². The average Bonchev–Trinajstić information content (AvgIpc) is 1.72. The van der Waals surface area contributed by atoms with Crippen LogP contribution in [0.15, 0.2) is 35.5 Å². The molecule has 2 rings (SSSR count). The van der Waals surface area contributed by atoms with Gasteiger partial charge in [0.1, 0.15) is 0 Å². The molecule has 0 N–H and O–H groups in total. The van der Waals surface area contributed by atoms with Crippen LogP contribution < -0.4 is 0 Å². The number of hydrogen-bond acceptors (Lipinski definition) is 0. The standard InChI is InChI=1S/C8H6/c1-2-4-8-6-5-7(8)3-1/h1-6H/q-1. The number of fused-ring (bicyclic) bond motifs is 1. The number of allylic oxidation sites excluding steroid dienone is 6. The molecule has 0 bridgehead atoms. The lowest BCUT2D eigenvalue weighted by atomic mass is 9.89. The highest BCUT2D eigenvalue weighted by Crippen LogP contribution is 2.27. The molecule has 39 valence electrons. The van der Waals surface area contributed by atoms with Crippen molar-refractivity contribution in [2.75, 3.05) is 0 Å². The summed E-state index contributed by atoms with van der Waals surface area (Å²) in [7, 11) is 0. The molecule has 0 nitrogen and oxygen atoms in total. The predicted octanol–water partition coefficient (Wildman–Crippen LogP) is 1.83. The largest absolute Gasteiger partial charge is 0.224 e. The smallest absolute Gasteiger partial charge is 0.0772 e. The Kier molecular flexibility index (Phi) is 0.644. The molecule has 0 fully saturated rings. The van der Waals surface area contributed by atoms with Gasteiger partial charge >= 0.3 is 0 Å². The first kappa shape index (κ1) is 4.02. The first-order valence-corrected chi connectivity index (χ1v) is 2.74. The van der Waals surface area contributed by atoms with E-state index in [1.54, 1.807) is 0 Å². The van der Waals surface area contributed by atoms with Crippen molar-refractivity contribution in [2.24, 2.45) is 0 Å². The Morgan fingerprint density at radius 2 is 2.00 bits per heavy atom. The van der Waals surface area contributed by atoms with Crippen molar-refractivity contribution < 1.29 is 0 Å². The summed E-state index contributed by atoms with van der Waals surface area (Å²) in [4.78, 5) is 0. The Morgan fingerprint density at radius 3 is 2.38 bits per heavy atom. The number of rotatable bonds is 0. The van der Waals surface area contributed by atoms with E-state index in [1.807, 2.05) is 0 Å². The summed E-state index contributed by atoms with van der Waals surface area (Å²) in [6.07, 6.45) is 12.6. The molecule has 0 amide bonds. The minimum Gasteiger partial charge on any atom is -0.224 e. The van der Waals surface area contributed by atoms with Crippen molar-refractivity contribution in [3.8, 4) is 0 Å². The Labute approximate surface area is 49.2 Å². The van der Waals surface area contributed by atoms with Crippen LogP contribution in [0.25, 0.3) is 0 Å². The van der Waals surface area contributed by atoms with Gasteiger partial charge in [-0.15, -0.1) is 17.7 Å². The van der Waals surface area contributed by atoms with Crippen molar-refractivity contribution >= 4 is 0 Å². The Bertz CT molecular complexity index is 170. The Hall–Kier alpha value is -0.910. The third-order valence-electron chi connectivity index (χ3n) is 1.44. The highest BCUT2D eigenvalue weighted by molar-refractivity contribution is 5.61. The van der Waals surface area contributed by atoms with Crippen LogP contribution in [0.4, 0.5) is 0 Å². The molecular formula is C8H6-. The van der Waals surface area contributed by atoms with Crippen LogP contribution in [-0.4, -0.2) is 0 Å². The van der Waals surface area contributed by atoms with Crippen molar-refractivity contribution in [2.45, 2.75) is 0 Å². The minimum absolute atomic E-state index is 1.37. The summed E-state index contributed by atoms with van der Waals surface area (Å²) in [6, 6.07) is 0. The predicted molar refractivity (Wildman–Crippen MR) is 33.9 cm³/mol. The van der Waals surface area contributed by atoms with E-state index in [1.165, 1.54) is 11.1 Å². The van der Waals surface area contributed by atoms with E-state index in [0.29, 0.717) is 0 Å². The molecule has 0 heterocycles. The lowest BCUT2D eigenvalue weighted by Crippen LogP contribution is -1.97. The van der Waals surface area contributed by atoms with Gasteiger partial charge in [-0.2, -0.15) is 5.57 Å². The normalized spacial score (nSPS) is 22.0. The fourth-order valence-electron chi connectivity index (χ4n) is 0.898. The third-order valence-corrected chi connectivity index (χ3v) is 1.44. The minimum atomic E-state index is 1.37. The topological polar surface area (TPSA) is 0 Å². The molecule has 2 aliphatic carbocycles. The molecule has 0 aromatic carbocycles. The van der Waals surface area contributed by atoms with Crippen LogP contribution in [0.5, 0.6) is 0 Å². The molecule has 0 heteroatoms. The van der Waals surface area contributed by atoms with E-state index >= 15 is 0 Å². The zero-order chi connectivity index (χ0) is 5.40. The summed E-state index contributed by atoms with van der Waals surface area (Å²) < 4.78 is 0. The molecule has 0 aliphatic heterocycles. The second-order valence-electron chi connectivity index (χ2n) is 1.96. The van der Waals surface area contributed by atoms with Gasteiger partial charge in [0.2, 0.25) is 0 Å². The second-order valence-corrected chi connectivity index (χ2v) is 1.96. The Morgan fingerprint density at radius 1 is 1.12 bits per heavy atom. The summed E-state index contributed by atoms with van der Waals surface area (Å²) in [6.45, 7) is 0. The molecule has 0 spiro atoms. The van der Waals surface area contributed by atoms with Gasteiger partial charge in [-0.05, 0) is 0 Å². The van der Waals surface area contributed by atoms with Crippen LogP contribution in [0.2, 0.25) is 0 Å². The Balaban J connectivity index is 2.45. The quantitative estimate of drug-likeness (QED) is 0.409. The zero-order valence-electron chi connectivity index (χ0n) is 4.46. The average molecular weight is 102 g/mol. The lowest BCUT2D eigenvalue weighted by molar-refractivity contribution is 1.35. The molecule has 0 saturated heterocycles. The fourth-order valence-corrected chi connectivity index (χ4v) is 0.898. The number of hydrogen-bond donors (Lipinski definition) is 0. The van der Waals surface area contributed by atoms with Gasteiger partial charge < -0.3 is 0 Å². The summed E-state index contributed by atoms with van der Waals surface area (Å²) in [5.74, 6) is 0. The molecular weight excluding hydrogens is 96.1 g/mol. The third kappa shape index (κ3) is 0.374. The summed E-state index contributed by atoms with van der Waals surface area (Å²) >= 11 is 0. The zero-order valence-corrected chi connectivity index (χ0v) is 4.46. The van der Waals surface area contributed by atoms with Crippen LogP contribution in [0.3, 0.4) is 0 Å². The van der Waals surface area contributed by atoms with E-state index < -0.39 is 0 Å². The highest BCUT2D eigenvalue weighted by Gasteiger charge is 1.99. The van der Waals surface area contributed by atoms with E-state index in [-0.39, 0.29) is 0 Å². The van der Waals surface area contributed by atoms with Crippen molar-refractivity contribution in [1.29, 1.82) is 0 Å². The van der Waals surface area contributed by atoms with Gasteiger partial charge in [0, 0.05) is 0 Å². The first-order valence-electron chi connectivity index (χ1n) is 2.74. The monoisotopic (exact) mass is 102 g/mol. The summed E-state index contributed by atoms with van der Waals surface area (Å²) in [5.41, 5.74) is 2.74. The maximum absolute atomic E-state index is 2.12. The van der Waals surface area contributed by atoms with Crippen LogP contribution in [0, 0.1) is 12.8 Å². The molecule has 1 radical (unpaired) electrons. The molecule has 0 saturated carbocycles. The molecule has 0 unspecified atom stereocenters. The molecule has 8 heavy (non-hydrogen) atoms. The fraction of sp³-hybridized carbons (Fsp3) is 0. The molecule has 0 aromatic heterocycles.